The van der Waals surface area contributed by atoms with Crippen LogP contribution in [0.5, 0.6) is 0 Å². The van der Waals surface area contributed by atoms with Crippen molar-refractivity contribution in [3.63, 3.8) is 0 Å². The fourth-order valence-electron chi connectivity index (χ4n) is 2.92. The first-order valence-electron chi connectivity index (χ1n) is 8.86. The van der Waals surface area contributed by atoms with Gasteiger partial charge in [0.25, 0.3) is 0 Å². The smallest absolute Gasteiger partial charge is 0.416 e. The highest BCUT2D eigenvalue weighted by Gasteiger charge is 2.30. The second-order valence-corrected chi connectivity index (χ2v) is 6.37. The monoisotopic (exact) mass is 401 g/mol. The second-order valence-electron chi connectivity index (χ2n) is 6.37. The van der Waals surface area contributed by atoms with Crippen molar-refractivity contribution in [2.24, 2.45) is 4.99 Å². The highest BCUT2D eigenvalue weighted by Crippen LogP contribution is 2.31. The molecule has 2 aromatic rings. The van der Waals surface area contributed by atoms with Crippen molar-refractivity contribution in [3.8, 4) is 11.1 Å². The number of carbonyl (C=O) groups is 1. The van der Waals surface area contributed by atoms with E-state index in [4.69, 9.17) is 4.74 Å². The molecule has 0 bridgehead atoms. The van der Waals surface area contributed by atoms with E-state index in [1.807, 2.05) is 0 Å². The maximum atomic E-state index is 12.7. The molecule has 3 rings (SSSR count). The molecule has 1 aliphatic rings. The Morgan fingerprint density at radius 2 is 1.62 bits per heavy atom. The summed E-state index contributed by atoms with van der Waals surface area (Å²) in [5.74, 6) is -0.875. The summed E-state index contributed by atoms with van der Waals surface area (Å²) < 4.78 is 43.0. The molecule has 0 fully saturated rings. The van der Waals surface area contributed by atoms with Crippen LogP contribution in [0.15, 0.2) is 70.6 Å². The van der Waals surface area contributed by atoms with E-state index >= 15 is 0 Å². The van der Waals surface area contributed by atoms with Crippen LogP contribution in [0.25, 0.3) is 17.2 Å². The molecule has 150 valence electrons. The Balaban J connectivity index is 1.83. The molecule has 0 saturated carbocycles. The number of ether oxygens (including phenoxy) is 1. The summed E-state index contributed by atoms with van der Waals surface area (Å²) in [6, 6.07) is 11.9. The number of aliphatic hydroxyl groups is 1. The molecule has 0 spiro atoms. The van der Waals surface area contributed by atoms with Crippen LogP contribution in [-0.2, 0) is 15.7 Å². The van der Waals surface area contributed by atoms with E-state index in [0.29, 0.717) is 16.8 Å². The van der Waals surface area contributed by atoms with E-state index < -0.39 is 17.7 Å². The summed E-state index contributed by atoms with van der Waals surface area (Å²) in [4.78, 5) is 16.1. The highest BCUT2D eigenvalue weighted by atomic mass is 19.4. The molecule has 0 amide bonds. The maximum absolute atomic E-state index is 12.7. The Morgan fingerprint density at radius 1 is 1.07 bits per heavy atom. The van der Waals surface area contributed by atoms with Crippen LogP contribution >= 0.6 is 0 Å². The van der Waals surface area contributed by atoms with Gasteiger partial charge < -0.3 is 9.84 Å². The highest BCUT2D eigenvalue weighted by molar-refractivity contribution is 6.22. The Hall–Kier alpha value is -3.35. The quantitative estimate of drug-likeness (QED) is 0.682. The average Bonchev–Trinajstić information content (AvgIpc) is 2.95. The number of halogens is 3. The first kappa shape index (κ1) is 20.4. The fraction of sp³-hybridized carbons (Fsp3) is 0.182. The molecule has 2 aromatic carbocycles. The van der Waals surface area contributed by atoms with Crippen LogP contribution in [-0.4, -0.2) is 23.4 Å². The average molecular weight is 401 g/mol. The van der Waals surface area contributed by atoms with E-state index in [0.717, 1.165) is 17.7 Å². The van der Waals surface area contributed by atoms with Gasteiger partial charge in [0.2, 0.25) is 0 Å². The van der Waals surface area contributed by atoms with Gasteiger partial charge in [0, 0.05) is 0 Å². The topological polar surface area (TPSA) is 58.9 Å². The molecule has 1 aliphatic heterocycles. The third-order valence-corrected chi connectivity index (χ3v) is 4.37. The Kier molecular flexibility index (Phi) is 5.59. The largest absolute Gasteiger partial charge is 0.505 e. The minimum Gasteiger partial charge on any atom is -0.505 e. The zero-order chi connectivity index (χ0) is 21.2. The van der Waals surface area contributed by atoms with Crippen molar-refractivity contribution in [1.82, 2.24) is 0 Å². The molecule has 0 aliphatic carbocycles. The molecular formula is C22H18F3NO3. The molecule has 7 heteroatoms. The number of hydrogen-bond donors (Lipinski definition) is 1. The number of benzene rings is 2. The van der Waals surface area contributed by atoms with Crippen molar-refractivity contribution >= 4 is 17.8 Å². The standard InChI is InChI=1S/C22H18F3NO3/c1-3-29-21(28)19-13(2)26-18(20(19)27)12-14-4-6-15(7-5-14)16-8-10-17(11-9-16)22(23,24)25/h4-12,27H,3H2,1-2H3/b18-12+. The van der Waals surface area contributed by atoms with Gasteiger partial charge in [0.15, 0.2) is 5.76 Å². The third-order valence-electron chi connectivity index (χ3n) is 4.37. The number of aliphatic hydroxyl groups excluding tert-OH is 1. The zero-order valence-corrected chi connectivity index (χ0v) is 15.7. The van der Waals surface area contributed by atoms with Gasteiger partial charge >= 0.3 is 12.1 Å². The summed E-state index contributed by atoms with van der Waals surface area (Å²) in [5.41, 5.74) is 2.07. The molecule has 1 N–H and O–H groups in total. The van der Waals surface area contributed by atoms with E-state index in [2.05, 4.69) is 4.99 Å². The molecule has 4 nitrogen and oxygen atoms in total. The van der Waals surface area contributed by atoms with Crippen LogP contribution in [0.2, 0.25) is 0 Å². The normalized spacial score (nSPS) is 15.6. The molecule has 29 heavy (non-hydrogen) atoms. The number of nitrogens with zero attached hydrogens (tertiary/aromatic N) is 1. The maximum Gasteiger partial charge on any atom is 0.416 e. The predicted octanol–water partition coefficient (Wildman–Crippen LogP) is 5.56. The minimum absolute atomic E-state index is 0.0412. The van der Waals surface area contributed by atoms with Gasteiger partial charge in [-0.1, -0.05) is 36.4 Å². The lowest BCUT2D eigenvalue weighted by Gasteiger charge is -2.08. The van der Waals surface area contributed by atoms with Crippen molar-refractivity contribution < 1.29 is 27.8 Å². The number of aliphatic imine (C=N–C) groups is 1. The Bertz CT molecular complexity index is 1010. The van der Waals surface area contributed by atoms with Gasteiger partial charge in [0.1, 0.15) is 11.3 Å². The summed E-state index contributed by atoms with van der Waals surface area (Å²) in [6.07, 6.45) is -2.76. The van der Waals surface area contributed by atoms with Gasteiger partial charge in [-0.15, -0.1) is 0 Å². The van der Waals surface area contributed by atoms with Crippen molar-refractivity contribution in [3.05, 3.63) is 76.7 Å². The molecule has 0 unspecified atom stereocenters. The lowest BCUT2D eigenvalue weighted by molar-refractivity contribution is -0.138. The van der Waals surface area contributed by atoms with Crippen LogP contribution in [0.4, 0.5) is 13.2 Å². The molecule has 1 heterocycles. The molecular weight excluding hydrogens is 383 g/mol. The lowest BCUT2D eigenvalue weighted by Crippen LogP contribution is -2.13. The van der Waals surface area contributed by atoms with Gasteiger partial charge in [-0.25, -0.2) is 9.79 Å². The summed E-state index contributed by atoms with van der Waals surface area (Å²) in [5, 5.41) is 10.3. The third kappa shape index (κ3) is 4.39. The Labute approximate surface area is 165 Å². The lowest BCUT2D eigenvalue weighted by atomic mass is 10.0. The Morgan fingerprint density at radius 3 is 2.14 bits per heavy atom. The SMILES string of the molecule is CCOC(=O)C1=C(O)/C(=C\c2ccc(-c3ccc(C(F)(F)F)cc3)cc2)N=C1C. The van der Waals surface area contributed by atoms with Crippen LogP contribution in [0.1, 0.15) is 25.0 Å². The summed E-state index contributed by atoms with van der Waals surface area (Å²) in [6.45, 7) is 3.47. The molecule has 0 atom stereocenters. The number of rotatable bonds is 4. The minimum atomic E-state index is -4.37. The van der Waals surface area contributed by atoms with Crippen LogP contribution in [0.3, 0.4) is 0 Å². The summed E-state index contributed by atoms with van der Waals surface area (Å²) >= 11 is 0. The van der Waals surface area contributed by atoms with E-state index in [9.17, 15) is 23.1 Å². The first-order chi connectivity index (χ1) is 13.7. The number of hydrogen-bond acceptors (Lipinski definition) is 4. The predicted molar refractivity (Wildman–Crippen MR) is 104 cm³/mol. The van der Waals surface area contributed by atoms with Crippen molar-refractivity contribution in [2.75, 3.05) is 6.61 Å². The van der Waals surface area contributed by atoms with Gasteiger partial charge in [-0.05, 0) is 48.7 Å². The number of carbonyl (C=O) groups excluding carboxylic acids is 1. The van der Waals surface area contributed by atoms with E-state index in [1.54, 1.807) is 44.2 Å². The van der Waals surface area contributed by atoms with Gasteiger partial charge in [-0.3, -0.25) is 0 Å². The van der Waals surface area contributed by atoms with Gasteiger partial charge in [-0.2, -0.15) is 13.2 Å². The van der Waals surface area contributed by atoms with Crippen molar-refractivity contribution in [1.29, 1.82) is 0 Å². The molecule has 0 radical (unpaired) electrons. The van der Waals surface area contributed by atoms with Crippen LogP contribution < -0.4 is 0 Å². The zero-order valence-electron chi connectivity index (χ0n) is 15.7. The van der Waals surface area contributed by atoms with E-state index in [1.165, 1.54) is 12.1 Å². The fourth-order valence-corrected chi connectivity index (χ4v) is 2.92. The summed E-state index contributed by atoms with van der Waals surface area (Å²) in [7, 11) is 0. The number of esters is 1. The molecule has 0 aromatic heterocycles. The van der Waals surface area contributed by atoms with Gasteiger partial charge in [0.05, 0.1) is 17.9 Å². The second kappa shape index (κ2) is 7.95. The number of alkyl halides is 3. The van der Waals surface area contributed by atoms with Crippen LogP contribution in [0, 0.1) is 0 Å². The molecule has 0 saturated heterocycles. The van der Waals surface area contributed by atoms with E-state index in [-0.39, 0.29) is 23.6 Å². The first-order valence-corrected chi connectivity index (χ1v) is 8.86. The van der Waals surface area contributed by atoms with Crippen molar-refractivity contribution in [2.45, 2.75) is 20.0 Å².